The molecular weight excluding hydrogens is 438 g/mol. The van der Waals surface area contributed by atoms with Crippen molar-refractivity contribution in [1.29, 1.82) is 0 Å². The molecule has 2 aliphatic rings. The highest BCUT2D eigenvalue weighted by molar-refractivity contribution is 5.84. The van der Waals surface area contributed by atoms with Crippen LogP contribution in [0.5, 0.6) is 0 Å². The van der Waals surface area contributed by atoms with E-state index in [0.717, 1.165) is 58.4 Å². The van der Waals surface area contributed by atoms with Crippen molar-refractivity contribution >= 4 is 28.6 Å². The molecule has 1 saturated heterocycles. The van der Waals surface area contributed by atoms with E-state index < -0.39 is 0 Å². The highest BCUT2D eigenvalue weighted by Gasteiger charge is 2.23. The fraction of sp³-hybridized carbons (Fsp3) is 0.370. The molecule has 2 aromatic carbocycles. The zero-order valence-corrected chi connectivity index (χ0v) is 19.9. The van der Waals surface area contributed by atoms with Crippen LogP contribution in [0.1, 0.15) is 37.3 Å². The third-order valence-electron chi connectivity index (χ3n) is 7.11. The normalized spacial score (nSPS) is 16.7. The molecule has 8 heteroatoms. The first-order chi connectivity index (χ1) is 17.3. The second-order valence-corrected chi connectivity index (χ2v) is 9.37. The summed E-state index contributed by atoms with van der Waals surface area (Å²) in [7, 11) is 0. The molecule has 0 unspecified atom stereocenters. The van der Waals surface area contributed by atoms with Crippen molar-refractivity contribution in [3.05, 3.63) is 60.4 Å². The van der Waals surface area contributed by atoms with Crippen molar-refractivity contribution in [1.82, 2.24) is 19.5 Å². The van der Waals surface area contributed by atoms with E-state index in [9.17, 15) is 0 Å². The Kier molecular flexibility index (Phi) is 5.96. The van der Waals surface area contributed by atoms with Crippen molar-refractivity contribution in [3.8, 4) is 11.1 Å². The van der Waals surface area contributed by atoms with Gasteiger partial charge in [-0.1, -0.05) is 55.3 Å². The third kappa shape index (κ3) is 4.41. The molecule has 0 radical (unpaired) electrons. The van der Waals surface area contributed by atoms with E-state index in [1.165, 1.54) is 25.7 Å². The van der Waals surface area contributed by atoms with Gasteiger partial charge in [-0.15, -0.1) is 0 Å². The first kappa shape index (κ1) is 21.9. The van der Waals surface area contributed by atoms with Crippen molar-refractivity contribution in [2.24, 2.45) is 0 Å². The van der Waals surface area contributed by atoms with Crippen LogP contribution in [0.15, 0.2) is 54.9 Å². The number of anilines is 3. The van der Waals surface area contributed by atoms with Gasteiger partial charge >= 0.3 is 0 Å². The molecule has 0 bridgehead atoms. The van der Waals surface area contributed by atoms with Gasteiger partial charge in [0, 0.05) is 36.9 Å². The maximum atomic E-state index is 6.15. The summed E-state index contributed by atoms with van der Waals surface area (Å²) in [6.07, 6.45) is 6.85. The number of nitrogens with two attached hydrogens (primary N) is 1. The fourth-order valence-corrected chi connectivity index (χ4v) is 5.13. The lowest BCUT2D eigenvalue weighted by molar-refractivity contribution is 0.122. The molecule has 180 valence electrons. The number of rotatable bonds is 6. The number of nitrogen functional groups attached to an aromatic ring is 1. The molecule has 0 atom stereocenters. The zero-order valence-electron chi connectivity index (χ0n) is 19.9. The summed E-state index contributed by atoms with van der Waals surface area (Å²) < 4.78 is 7.81. The SMILES string of the molecule is Nc1ccccc1-c1ccc(CNc2nc(N3CCOCC3)nc3c2ncn3C2CCCC2)cc1. The predicted molar refractivity (Wildman–Crippen MR) is 139 cm³/mol. The van der Waals surface area contributed by atoms with Gasteiger partial charge in [0.05, 0.1) is 19.5 Å². The van der Waals surface area contributed by atoms with Crippen molar-refractivity contribution < 1.29 is 4.74 Å². The predicted octanol–water partition coefficient (Wildman–Crippen LogP) is 4.64. The van der Waals surface area contributed by atoms with Crippen LogP contribution < -0.4 is 16.0 Å². The average Bonchev–Trinajstić information content (AvgIpc) is 3.58. The molecule has 1 aliphatic heterocycles. The number of morpholine rings is 1. The van der Waals surface area contributed by atoms with E-state index in [1.807, 2.05) is 30.6 Å². The summed E-state index contributed by atoms with van der Waals surface area (Å²) in [6, 6.07) is 16.9. The van der Waals surface area contributed by atoms with E-state index >= 15 is 0 Å². The van der Waals surface area contributed by atoms with Crippen molar-refractivity contribution in [3.63, 3.8) is 0 Å². The van der Waals surface area contributed by atoms with E-state index in [1.54, 1.807) is 0 Å². The lowest BCUT2D eigenvalue weighted by atomic mass is 10.0. The Bertz CT molecular complexity index is 1310. The standard InChI is InChI=1S/C27H31N7O/c28-23-8-4-3-7-22(23)20-11-9-19(10-12-20)17-29-25-24-26(34(18-30-24)21-5-1-2-6-21)32-27(31-25)33-13-15-35-16-14-33/h3-4,7-12,18,21H,1-2,5-6,13-17,28H2,(H,29,31,32). The second-order valence-electron chi connectivity index (χ2n) is 9.37. The minimum absolute atomic E-state index is 0.471. The van der Waals surface area contributed by atoms with Gasteiger partial charge in [-0.2, -0.15) is 9.97 Å². The van der Waals surface area contributed by atoms with Crippen LogP contribution in [0, 0.1) is 0 Å². The molecule has 4 aromatic rings. The van der Waals surface area contributed by atoms with Gasteiger partial charge in [-0.3, -0.25) is 0 Å². The maximum absolute atomic E-state index is 6.15. The first-order valence-corrected chi connectivity index (χ1v) is 12.5. The molecule has 3 N–H and O–H groups in total. The number of fused-ring (bicyclic) bond motifs is 1. The Labute approximate surface area is 205 Å². The number of hydrogen-bond donors (Lipinski definition) is 2. The fourth-order valence-electron chi connectivity index (χ4n) is 5.13. The number of para-hydroxylation sites is 1. The topological polar surface area (TPSA) is 94.1 Å². The van der Waals surface area contributed by atoms with Crippen LogP contribution >= 0.6 is 0 Å². The summed E-state index contributed by atoms with van der Waals surface area (Å²) in [5.74, 6) is 1.53. The molecule has 1 saturated carbocycles. The summed E-state index contributed by atoms with van der Waals surface area (Å²) in [6.45, 7) is 3.64. The first-order valence-electron chi connectivity index (χ1n) is 12.5. The minimum atomic E-state index is 0.471. The van der Waals surface area contributed by atoms with Gasteiger partial charge in [-0.05, 0) is 30.0 Å². The Morgan fingerprint density at radius 1 is 0.971 bits per heavy atom. The van der Waals surface area contributed by atoms with E-state index in [0.29, 0.717) is 25.8 Å². The van der Waals surface area contributed by atoms with Gasteiger partial charge in [-0.25, -0.2) is 4.98 Å². The second kappa shape index (κ2) is 9.54. The summed E-state index contributed by atoms with van der Waals surface area (Å²) in [4.78, 5) is 16.8. The van der Waals surface area contributed by atoms with Gasteiger partial charge in [0.25, 0.3) is 0 Å². The molecule has 0 spiro atoms. The Balaban J connectivity index is 1.28. The zero-order chi connectivity index (χ0) is 23.6. The van der Waals surface area contributed by atoms with Gasteiger partial charge < -0.3 is 25.3 Å². The monoisotopic (exact) mass is 469 g/mol. The summed E-state index contributed by atoms with van der Waals surface area (Å²) in [5, 5.41) is 3.55. The van der Waals surface area contributed by atoms with Gasteiger partial charge in [0.2, 0.25) is 5.95 Å². The Morgan fingerprint density at radius 3 is 2.51 bits per heavy atom. The van der Waals surface area contributed by atoms with Gasteiger partial charge in [0.15, 0.2) is 17.0 Å². The highest BCUT2D eigenvalue weighted by atomic mass is 16.5. The molecule has 6 rings (SSSR count). The van der Waals surface area contributed by atoms with Crippen LogP contribution in [-0.2, 0) is 11.3 Å². The largest absolute Gasteiger partial charge is 0.398 e. The number of ether oxygens (including phenoxy) is 1. The summed E-state index contributed by atoms with van der Waals surface area (Å²) >= 11 is 0. The summed E-state index contributed by atoms with van der Waals surface area (Å²) in [5.41, 5.74) is 12.0. The number of imidazole rings is 1. The molecule has 1 aliphatic carbocycles. The minimum Gasteiger partial charge on any atom is -0.398 e. The van der Waals surface area contributed by atoms with Crippen molar-refractivity contribution in [2.45, 2.75) is 38.3 Å². The van der Waals surface area contributed by atoms with E-state index in [-0.39, 0.29) is 0 Å². The Morgan fingerprint density at radius 2 is 1.74 bits per heavy atom. The highest BCUT2D eigenvalue weighted by Crippen LogP contribution is 2.33. The number of aromatic nitrogens is 4. The molecule has 3 heterocycles. The van der Waals surface area contributed by atoms with Crippen molar-refractivity contribution in [2.75, 3.05) is 42.3 Å². The lowest BCUT2D eigenvalue weighted by Crippen LogP contribution is -2.37. The smallest absolute Gasteiger partial charge is 0.229 e. The molecule has 35 heavy (non-hydrogen) atoms. The Hall–Kier alpha value is -3.65. The number of nitrogens with one attached hydrogen (secondary N) is 1. The van der Waals surface area contributed by atoms with Crippen LogP contribution in [0.2, 0.25) is 0 Å². The molecule has 2 aromatic heterocycles. The molecule has 8 nitrogen and oxygen atoms in total. The maximum Gasteiger partial charge on any atom is 0.229 e. The van der Waals surface area contributed by atoms with Crippen LogP contribution in [0.25, 0.3) is 22.3 Å². The van der Waals surface area contributed by atoms with Gasteiger partial charge in [0.1, 0.15) is 0 Å². The molecule has 2 fully saturated rings. The van der Waals surface area contributed by atoms with Crippen LogP contribution in [0.3, 0.4) is 0 Å². The van der Waals surface area contributed by atoms with E-state index in [4.69, 9.17) is 25.4 Å². The molecular formula is C27H31N7O. The number of hydrogen-bond acceptors (Lipinski definition) is 7. The lowest BCUT2D eigenvalue weighted by Gasteiger charge is -2.27. The molecule has 0 amide bonds. The number of nitrogens with zero attached hydrogens (tertiary/aromatic N) is 5. The van der Waals surface area contributed by atoms with Crippen LogP contribution in [0.4, 0.5) is 17.5 Å². The van der Waals surface area contributed by atoms with Crippen LogP contribution in [-0.4, -0.2) is 45.8 Å². The van der Waals surface area contributed by atoms with E-state index in [2.05, 4.69) is 39.0 Å². The number of benzene rings is 2. The average molecular weight is 470 g/mol. The third-order valence-corrected chi connectivity index (χ3v) is 7.11. The quantitative estimate of drug-likeness (QED) is 0.397.